The molecule has 0 radical (unpaired) electrons. The molecule has 1 unspecified atom stereocenters. The van der Waals surface area contributed by atoms with E-state index in [1.165, 1.54) is 0 Å². The number of hydrogen-bond donors (Lipinski definition) is 9. The molecule has 5 aliphatic heterocycles. The van der Waals surface area contributed by atoms with Gasteiger partial charge in [0.1, 0.15) is 11.0 Å². The number of guanidine groups is 2. The minimum atomic E-state index is -1.04. The van der Waals surface area contributed by atoms with Gasteiger partial charge in [0, 0.05) is 50.4 Å². The molecule has 2 spiro atoms. The molecular formula is C32H38Cl2N16O4. The molecule has 4 saturated heterocycles. The minimum absolute atomic E-state index is 0.00884. The Kier molecular flexibility index (Phi) is 9.56. The number of amides is 4. The second-order valence-corrected chi connectivity index (χ2v) is 14.4. The molecule has 22 heteroatoms. The van der Waals surface area contributed by atoms with Crippen molar-refractivity contribution in [1.82, 2.24) is 46.4 Å². The molecule has 1 aromatic carbocycles. The highest BCUT2D eigenvalue weighted by molar-refractivity contribution is 6.32. The Labute approximate surface area is 318 Å². The molecule has 4 fully saturated rings. The van der Waals surface area contributed by atoms with E-state index in [1.54, 1.807) is 34.1 Å². The predicted molar refractivity (Wildman–Crippen MR) is 200 cm³/mol. The maximum Gasteiger partial charge on any atom is 0.302 e. The summed E-state index contributed by atoms with van der Waals surface area (Å²) in [4.78, 5) is 75.7. The first-order chi connectivity index (χ1) is 25.7. The Bertz CT molecular complexity index is 2040. The maximum absolute atomic E-state index is 13.4. The normalized spacial score (nSPS) is 23.0. The zero-order chi connectivity index (χ0) is 38.4. The van der Waals surface area contributed by atoms with Crippen LogP contribution < -0.4 is 49.5 Å². The fourth-order valence-electron chi connectivity index (χ4n) is 6.96. The Morgan fingerprint density at radius 3 is 1.76 bits per heavy atom. The van der Waals surface area contributed by atoms with E-state index in [4.69, 9.17) is 46.1 Å². The molecule has 20 nitrogen and oxygen atoms in total. The van der Waals surface area contributed by atoms with Crippen LogP contribution in [0.5, 0.6) is 0 Å². The van der Waals surface area contributed by atoms with Crippen LogP contribution in [0.2, 0.25) is 5.15 Å². The fraction of sp³-hybridized carbons (Fsp3) is 0.406. The highest BCUT2D eigenvalue weighted by Crippen LogP contribution is 2.28. The number of anilines is 2. The van der Waals surface area contributed by atoms with Gasteiger partial charge in [0.05, 0.1) is 11.1 Å². The zero-order valence-corrected chi connectivity index (χ0v) is 30.3. The van der Waals surface area contributed by atoms with E-state index in [0.717, 1.165) is 0 Å². The SMILES string of the molecule is NC1=NC(N)=C(Cl)NC1C(=O)/N=C1\NCC2(CCN(C(=O)c3ccc(C(=O)N4CCC5(CC4)CN/C(=N\C(=O)c4nc(Cl)c(N)nc4N)N5)cc3)CC2)N1. The number of piperidine rings is 2. The standard InChI is InChI=1S/C32H38Cl2N16O4/c33-19-23(37)43-21(35)17(41-19)25(51)45-29-39-13-31(47-29)5-9-49(10-6-31)27(53)15-1-2-16(4-3-15)28(54)50-11-7-32(8-12-50)14-40-30(48-32)46-26(52)18-22(36)44-24(38)20(34)42-18/h1-4,17,41H,5-14,37H2,(H2,35,43)(H4,36,38,44)(H2,39,45,47,51)(H2,40,46,48,52). The molecule has 5 aliphatic rings. The van der Waals surface area contributed by atoms with E-state index in [-0.39, 0.29) is 62.6 Å². The number of rotatable bonds is 4. The van der Waals surface area contributed by atoms with Crippen LogP contribution in [-0.4, -0.2) is 118 Å². The number of aromatic nitrogens is 2. The number of nitrogens with one attached hydrogen (secondary N) is 5. The lowest BCUT2D eigenvalue weighted by atomic mass is 9.88. The summed E-state index contributed by atoms with van der Waals surface area (Å²) < 4.78 is 0. The molecule has 13 N–H and O–H groups in total. The van der Waals surface area contributed by atoms with Gasteiger partial charge in [0.25, 0.3) is 17.7 Å². The Morgan fingerprint density at radius 2 is 1.24 bits per heavy atom. The summed E-state index contributed by atoms with van der Waals surface area (Å²) in [5.74, 6) is -1.31. The lowest BCUT2D eigenvalue weighted by molar-refractivity contribution is -0.118. The zero-order valence-electron chi connectivity index (χ0n) is 28.8. The van der Waals surface area contributed by atoms with Crippen LogP contribution in [0.1, 0.15) is 56.9 Å². The number of carbonyl (C=O) groups excluding carboxylic acids is 4. The third-order valence-corrected chi connectivity index (χ3v) is 10.8. The molecule has 1 aromatic heterocycles. The van der Waals surface area contributed by atoms with Gasteiger partial charge in [-0.15, -0.1) is 0 Å². The van der Waals surface area contributed by atoms with E-state index >= 15 is 0 Å². The topological polar surface area (TPSA) is 302 Å². The van der Waals surface area contributed by atoms with Gasteiger partial charge < -0.3 is 59.3 Å². The van der Waals surface area contributed by atoms with Gasteiger partial charge in [-0.25, -0.2) is 15.0 Å². The average Bonchev–Trinajstić information content (AvgIpc) is 3.73. The Balaban J connectivity index is 0.884. The second kappa shape index (κ2) is 14.2. The number of nitrogens with two attached hydrogens (primary N) is 4. The third-order valence-electron chi connectivity index (χ3n) is 10.2. The first-order valence-electron chi connectivity index (χ1n) is 17.1. The van der Waals surface area contributed by atoms with Gasteiger partial charge in [-0.1, -0.05) is 23.2 Å². The molecule has 4 amide bonds. The van der Waals surface area contributed by atoms with Crippen LogP contribution in [0.15, 0.2) is 50.2 Å². The van der Waals surface area contributed by atoms with Crippen molar-refractivity contribution in [3.05, 3.63) is 57.2 Å². The fourth-order valence-corrected chi connectivity index (χ4v) is 7.24. The molecule has 1 atom stereocenters. The van der Waals surface area contributed by atoms with Crippen molar-refractivity contribution in [2.75, 3.05) is 50.7 Å². The molecule has 0 saturated carbocycles. The van der Waals surface area contributed by atoms with E-state index in [1.807, 2.05) is 0 Å². The van der Waals surface area contributed by atoms with Crippen LogP contribution in [0.4, 0.5) is 11.6 Å². The van der Waals surface area contributed by atoms with Crippen molar-refractivity contribution >= 4 is 76.2 Å². The van der Waals surface area contributed by atoms with Gasteiger partial charge >= 0.3 is 5.91 Å². The molecule has 0 aliphatic carbocycles. The van der Waals surface area contributed by atoms with Gasteiger partial charge in [-0.2, -0.15) is 9.98 Å². The van der Waals surface area contributed by atoms with Crippen LogP contribution in [0.25, 0.3) is 0 Å². The van der Waals surface area contributed by atoms with Gasteiger partial charge in [0.2, 0.25) is 0 Å². The maximum atomic E-state index is 13.4. The molecule has 6 heterocycles. The van der Waals surface area contributed by atoms with Crippen molar-refractivity contribution in [2.45, 2.75) is 42.8 Å². The highest BCUT2D eigenvalue weighted by Gasteiger charge is 2.42. The van der Waals surface area contributed by atoms with E-state index in [0.29, 0.717) is 82.0 Å². The van der Waals surface area contributed by atoms with Crippen LogP contribution in [0.3, 0.4) is 0 Å². The number of likely N-dealkylation sites (tertiary alicyclic amines) is 2. The Morgan fingerprint density at radius 1 is 0.741 bits per heavy atom. The number of carbonyl (C=O) groups is 4. The third kappa shape index (κ3) is 7.21. The summed E-state index contributed by atoms with van der Waals surface area (Å²) in [7, 11) is 0. The number of nitrogen functional groups attached to an aromatic ring is 2. The number of nitrogens with zero attached hydrogens (tertiary/aromatic N) is 7. The molecule has 2 aromatic rings. The van der Waals surface area contributed by atoms with Gasteiger partial charge in [0.15, 0.2) is 46.3 Å². The summed E-state index contributed by atoms with van der Waals surface area (Å²) in [6.45, 7) is 2.94. The summed E-state index contributed by atoms with van der Waals surface area (Å²) in [6, 6.07) is 5.66. The van der Waals surface area contributed by atoms with Crippen LogP contribution >= 0.6 is 23.2 Å². The Hall–Kier alpha value is -5.89. The molecule has 54 heavy (non-hydrogen) atoms. The second-order valence-electron chi connectivity index (χ2n) is 13.7. The molecular weight excluding hydrogens is 743 g/mol. The quantitative estimate of drug-likeness (QED) is 0.157. The van der Waals surface area contributed by atoms with Crippen molar-refractivity contribution in [2.24, 2.45) is 26.4 Å². The van der Waals surface area contributed by atoms with Crippen LogP contribution in [-0.2, 0) is 4.79 Å². The number of halogens is 2. The summed E-state index contributed by atoms with van der Waals surface area (Å²) >= 11 is 11.9. The average molecular weight is 782 g/mol. The van der Waals surface area contributed by atoms with Crippen LogP contribution in [0, 0.1) is 0 Å². The summed E-state index contributed by atoms with van der Waals surface area (Å²) in [6.07, 6.45) is 2.46. The largest absolute Gasteiger partial charge is 0.385 e. The smallest absolute Gasteiger partial charge is 0.302 e. The van der Waals surface area contributed by atoms with Gasteiger partial charge in [-0.3, -0.25) is 19.2 Å². The lowest BCUT2D eigenvalue weighted by Gasteiger charge is -2.39. The molecule has 0 bridgehead atoms. The van der Waals surface area contributed by atoms with Crippen molar-refractivity contribution < 1.29 is 19.2 Å². The number of aliphatic imine (C=N–C) groups is 3. The number of benzene rings is 1. The molecule has 7 rings (SSSR count). The highest BCUT2D eigenvalue weighted by atomic mass is 35.5. The monoisotopic (exact) mass is 780 g/mol. The first-order valence-corrected chi connectivity index (χ1v) is 17.8. The van der Waals surface area contributed by atoms with E-state index in [9.17, 15) is 19.2 Å². The lowest BCUT2D eigenvalue weighted by Crippen LogP contribution is -2.54. The number of amidine groups is 1. The molecule has 284 valence electrons. The number of hydrogen-bond acceptors (Lipinski definition) is 12. The van der Waals surface area contributed by atoms with Crippen molar-refractivity contribution in [3.8, 4) is 0 Å². The first kappa shape index (κ1) is 36.5. The van der Waals surface area contributed by atoms with Crippen molar-refractivity contribution in [1.29, 1.82) is 0 Å². The van der Waals surface area contributed by atoms with Crippen molar-refractivity contribution in [3.63, 3.8) is 0 Å². The summed E-state index contributed by atoms with van der Waals surface area (Å²) in [5.41, 5.74) is 22.8. The van der Waals surface area contributed by atoms with E-state index < -0.39 is 23.4 Å². The minimum Gasteiger partial charge on any atom is -0.385 e. The predicted octanol–water partition coefficient (Wildman–Crippen LogP) is -1.64. The van der Waals surface area contributed by atoms with Gasteiger partial charge in [-0.05, 0) is 49.9 Å². The van der Waals surface area contributed by atoms with E-state index in [2.05, 4.69) is 51.5 Å². The summed E-state index contributed by atoms with van der Waals surface area (Å²) in [5, 5.41) is 15.4.